The Bertz CT molecular complexity index is 1210. The van der Waals surface area contributed by atoms with Crippen molar-refractivity contribution in [2.45, 2.75) is 32.6 Å². The Hall–Kier alpha value is -3.20. The maximum atomic E-state index is 14.0. The van der Waals surface area contributed by atoms with Crippen LogP contribution in [0.3, 0.4) is 0 Å². The highest BCUT2D eigenvalue weighted by Gasteiger charge is 2.68. The predicted octanol–water partition coefficient (Wildman–Crippen LogP) is 5.09. The number of hydrogen-bond acceptors (Lipinski definition) is 2. The summed E-state index contributed by atoms with van der Waals surface area (Å²) in [5.41, 5.74) is 6.95. The predicted molar refractivity (Wildman–Crippen MR) is 117 cm³/mol. The molecule has 0 aromatic heterocycles. The largest absolute Gasteiger partial charge is 0.274 e. The second-order valence-corrected chi connectivity index (χ2v) is 9.18. The number of nitrogens with zero attached hydrogens (tertiary/aromatic N) is 1. The zero-order valence-corrected chi connectivity index (χ0v) is 17.3. The Morgan fingerprint density at radius 1 is 0.767 bits per heavy atom. The first-order chi connectivity index (χ1) is 14.4. The number of anilines is 1. The summed E-state index contributed by atoms with van der Waals surface area (Å²) >= 11 is 0. The highest BCUT2D eigenvalue weighted by molar-refractivity contribution is 6.25. The van der Waals surface area contributed by atoms with Gasteiger partial charge in [0, 0.05) is 11.8 Å². The molecule has 30 heavy (non-hydrogen) atoms. The van der Waals surface area contributed by atoms with E-state index in [0.717, 1.165) is 11.1 Å². The van der Waals surface area contributed by atoms with E-state index in [-0.39, 0.29) is 29.6 Å². The molecular weight excluding hydrogens is 370 g/mol. The van der Waals surface area contributed by atoms with Crippen molar-refractivity contribution in [3.8, 4) is 0 Å². The summed E-state index contributed by atoms with van der Waals surface area (Å²) in [6.45, 7) is 6.08. The number of amides is 2. The van der Waals surface area contributed by atoms with Crippen LogP contribution in [0.1, 0.15) is 52.1 Å². The van der Waals surface area contributed by atoms with E-state index >= 15 is 0 Å². The van der Waals surface area contributed by atoms with Crippen molar-refractivity contribution in [3.63, 3.8) is 0 Å². The van der Waals surface area contributed by atoms with Gasteiger partial charge in [-0.15, -0.1) is 0 Å². The molecule has 0 radical (unpaired) electrons. The molecule has 1 saturated heterocycles. The van der Waals surface area contributed by atoms with Gasteiger partial charge in [0.2, 0.25) is 11.8 Å². The van der Waals surface area contributed by atoms with Crippen LogP contribution >= 0.6 is 0 Å². The smallest absolute Gasteiger partial charge is 0.241 e. The lowest BCUT2D eigenvalue weighted by Gasteiger charge is -2.51. The van der Waals surface area contributed by atoms with Crippen LogP contribution in [0.25, 0.3) is 0 Å². The molecule has 7 rings (SSSR count). The van der Waals surface area contributed by atoms with Crippen LogP contribution in [0, 0.1) is 25.2 Å². The van der Waals surface area contributed by atoms with Gasteiger partial charge in [-0.2, -0.15) is 0 Å². The molecule has 1 aliphatic heterocycles. The first kappa shape index (κ1) is 17.6. The van der Waals surface area contributed by atoms with E-state index in [4.69, 9.17) is 0 Å². The van der Waals surface area contributed by atoms with Crippen molar-refractivity contribution in [3.05, 3.63) is 100 Å². The van der Waals surface area contributed by atoms with Gasteiger partial charge in [0.15, 0.2) is 0 Å². The highest BCUT2D eigenvalue weighted by atomic mass is 16.2. The zero-order chi connectivity index (χ0) is 20.8. The molecule has 0 saturated carbocycles. The van der Waals surface area contributed by atoms with Crippen molar-refractivity contribution >= 4 is 17.5 Å². The number of carbonyl (C=O) groups excluding carboxylic acids is 2. The fourth-order valence-electron chi connectivity index (χ4n) is 6.22. The van der Waals surface area contributed by atoms with E-state index in [1.165, 1.54) is 27.2 Å². The first-order valence-corrected chi connectivity index (χ1v) is 10.6. The van der Waals surface area contributed by atoms with Gasteiger partial charge in [0.05, 0.1) is 17.0 Å². The third kappa shape index (κ3) is 1.91. The Labute approximate surface area is 176 Å². The molecular formula is C27H23NO2. The van der Waals surface area contributed by atoms with E-state index in [9.17, 15) is 9.59 Å². The topological polar surface area (TPSA) is 37.4 Å². The van der Waals surface area contributed by atoms with E-state index in [2.05, 4.69) is 24.3 Å². The lowest BCUT2D eigenvalue weighted by molar-refractivity contribution is -0.128. The summed E-state index contributed by atoms with van der Waals surface area (Å²) in [6, 6.07) is 22.6. The van der Waals surface area contributed by atoms with Crippen molar-refractivity contribution in [1.29, 1.82) is 0 Å². The Morgan fingerprint density at radius 2 is 1.33 bits per heavy atom. The molecule has 3 aromatic carbocycles. The summed E-state index contributed by atoms with van der Waals surface area (Å²) in [5, 5.41) is 0. The van der Waals surface area contributed by atoms with Gasteiger partial charge in [-0.05, 0) is 66.3 Å². The number of imide groups is 1. The minimum atomic E-state index is -0.775. The number of hydrogen-bond donors (Lipinski definition) is 0. The molecule has 3 nitrogen and oxygen atoms in total. The summed E-state index contributed by atoms with van der Waals surface area (Å²) in [4.78, 5) is 29.3. The molecule has 2 bridgehead atoms. The lowest BCUT2D eigenvalue weighted by Crippen LogP contribution is -2.49. The van der Waals surface area contributed by atoms with Gasteiger partial charge < -0.3 is 0 Å². The van der Waals surface area contributed by atoms with Gasteiger partial charge in [-0.25, -0.2) is 4.90 Å². The highest BCUT2D eigenvalue weighted by Crippen LogP contribution is 2.67. The van der Waals surface area contributed by atoms with Gasteiger partial charge in [0.25, 0.3) is 0 Å². The lowest BCUT2D eigenvalue weighted by atomic mass is 9.48. The van der Waals surface area contributed by atoms with Crippen molar-refractivity contribution in [2.75, 3.05) is 4.90 Å². The van der Waals surface area contributed by atoms with Crippen molar-refractivity contribution in [1.82, 2.24) is 0 Å². The van der Waals surface area contributed by atoms with Gasteiger partial charge in [0.1, 0.15) is 0 Å². The van der Waals surface area contributed by atoms with Crippen LogP contribution in [0.15, 0.2) is 66.7 Å². The van der Waals surface area contributed by atoms with E-state index < -0.39 is 5.41 Å². The summed E-state index contributed by atoms with van der Waals surface area (Å²) in [6.07, 6.45) is 0. The third-order valence-corrected chi connectivity index (χ3v) is 7.76. The number of aryl methyl sites for hydroxylation is 2. The minimum Gasteiger partial charge on any atom is -0.274 e. The maximum Gasteiger partial charge on any atom is 0.241 e. The SMILES string of the molecule is Cc1ccc(N2C(=O)[C@@H]3C4c5ccccc5C(c5ccccc54)[C@]3(C)C2=O)cc1C. The van der Waals surface area contributed by atoms with E-state index in [1.54, 1.807) is 0 Å². The second kappa shape index (κ2) is 5.69. The number of benzene rings is 3. The summed E-state index contributed by atoms with van der Waals surface area (Å²) in [7, 11) is 0. The van der Waals surface area contributed by atoms with Crippen LogP contribution in [0.2, 0.25) is 0 Å². The van der Waals surface area contributed by atoms with Gasteiger partial charge >= 0.3 is 0 Å². The average Bonchev–Trinajstić information content (AvgIpc) is 2.96. The molecule has 0 N–H and O–H groups in total. The second-order valence-electron chi connectivity index (χ2n) is 9.18. The molecule has 148 valence electrons. The maximum absolute atomic E-state index is 14.0. The third-order valence-electron chi connectivity index (χ3n) is 7.76. The quantitative estimate of drug-likeness (QED) is 0.540. The summed E-state index contributed by atoms with van der Waals surface area (Å²) < 4.78 is 0. The van der Waals surface area contributed by atoms with E-state index in [1.807, 2.05) is 63.2 Å². The normalized spacial score (nSPS) is 28.4. The zero-order valence-electron chi connectivity index (χ0n) is 17.3. The Morgan fingerprint density at radius 3 is 1.90 bits per heavy atom. The number of carbonyl (C=O) groups is 2. The van der Waals surface area contributed by atoms with Crippen LogP contribution in [-0.4, -0.2) is 11.8 Å². The van der Waals surface area contributed by atoms with Crippen LogP contribution in [0.5, 0.6) is 0 Å². The monoisotopic (exact) mass is 393 g/mol. The molecule has 1 fully saturated rings. The summed E-state index contributed by atoms with van der Waals surface area (Å²) in [5.74, 6) is -0.695. The minimum absolute atomic E-state index is 0.0650. The average molecular weight is 393 g/mol. The van der Waals surface area contributed by atoms with Crippen LogP contribution in [0.4, 0.5) is 5.69 Å². The van der Waals surface area contributed by atoms with E-state index in [0.29, 0.717) is 5.69 Å². The van der Waals surface area contributed by atoms with Crippen LogP contribution in [-0.2, 0) is 9.59 Å². The molecule has 2 amide bonds. The Balaban J connectivity index is 1.61. The standard InChI is InChI=1S/C27H23NO2/c1-15-12-13-17(14-16(15)2)28-25(29)24-22-18-8-4-6-10-20(18)23(27(24,3)26(28)30)21-11-7-5-9-19(21)22/h4-14,22-24H,1-3H3/t22?,23?,24-,27-/m0/s1. The molecule has 3 heteroatoms. The fourth-order valence-corrected chi connectivity index (χ4v) is 6.22. The van der Waals surface area contributed by atoms with Gasteiger partial charge in [-0.3, -0.25) is 9.59 Å². The van der Waals surface area contributed by atoms with Gasteiger partial charge in [-0.1, -0.05) is 54.6 Å². The molecule has 3 aliphatic carbocycles. The van der Waals surface area contributed by atoms with Crippen molar-refractivity contribution < 1.29 is 9.59 Å². The molecule has 1 heterocycles. The molecule has 0 spiro atoms. The fraction of sp³-hybridized carbons (Fsp3) is 0.259. The first-order valence-electron chi connectivity index (χ1n) is 10.6. The number of rotatable bonds is 1. The van der Waals surface area contributed by atoms with Crippen LogP contribution < -0.4 is 4.90 Å². The molecule has 3 aromatic rings. The molecule has 0 unspecified atom stereocenters. The van der Waals surface area contributed by atoms with Crippen molar-refractivity contribution in [2.24, 2.45) is 11.3 Å². The molecule has 4 aliphatic rings. The Kier molecular flexibility index (Phi) is 3.35. The molecule has 2 atom stereocenters.